The number of non-ortho nitro benzene ring substituents is 1. The van der Waals surface area contributed by atoms with E-state index in [1.807, 2.05) is 6.20 Å². The number of aromatic nitrogens is 2. The molecule has 1 fully saturated rings. The Kier molecular flexibility index (Phi) is 3.80. The minimum absolute atomic E-state index is 0.0841. The number of fused-ring (bicyclic) bond motifs is 3. The number of hydrogen-bond donors (Lipinski definition) is 0. The van der Waals surface area contributed by atoms with Crippen LogP contribution in [-0.4, -0.2) is 40.6 Å². The van der Waals surface area contributed by atoms with Crippen molar-refractivity contribution in [2.75, 3.05) is 31.2 Å². The lowest BCUT2D eigenvalue weighted by Crippen LogP contribution is -2.36. The number of thiazole rings is 1. The molecule has 0 aliphatic carbocycles. The van der Waals surface area contributed by atoms with Crippen LogP contribution < -0.4 is 4.90 Å². The first kappa shape index (κ1) is 16.2. The number of benzene rings is 2. The molecule has 0 unspecified atom stereocenters. The van der Waals surface area contributed by atoms with Gasteiger partial charge in [0.1, 0.15) is 0 Å². The van der Waals surface area contributed by atoms with Crippen LogP contribution in [0.1, 0.15) is 0 Å². The molecule has 5 rings (SSSR count). The van der Waals surface area contributed by atoms with Gasteiger partial charge in [-0.1, -0.05) is 11.3 Å². The fourth-order valence-corrected chi connectivity index (χ4v) is 4.44. The summed E-state index contributed by atoms with van der Waals surface area (Å²) in [5, 5.41) is 10.8. The molecule has 136 valence electrons. The second-order valence-corrected chi connectivity index (χ2v) is 7.45. The Balaban J connectivity index is 1.51. The Morgan fingerprint density at radius 3 is 2.63 bits per heavy atom. The van der Waals surface area contributed by atoms with Gasteiger partial charge in [-0.15, -0.1) is 0 Å². The minimum Gasteiger partial charge on any atom is -0.378 e. The molecule has 1 aliphatic heterocycles. The lowest BCUT2D eigenvalue weighted by molar-refractivity contribution is -0.384. The van der Waals surface area contributed by atoms with Crippen LogP contribution in [0.25, 0.3) is 26.4 Å². The van der Waals surface area contributed by atoms with E-state index >= 15 is 0 Å². The van der Waals surface area contributed by atoms with Crippen molar-refractivity contribution in [1.82, 2.24) is 9.38 Å². The van der Waals surface area contributed by atoms with Crippen molar-refractivity contribution in [2.45, 2.75) is 0 Å². The zero-order valence-corrected chi connectivity index (χ0v) is 15.2. The molecule has 1 aliphatic rings. The van der Waals surface area contributed by atoms with E-state index < -0.39 is 4.92 Å². The summed E-state index contributed by atoms with van der Waals surface area (Å²) in [5.41, 5.74) is 4.10. The van der Waals surface area contributed by atoms with Crippen molar-refractivity contribution >= 4 is 37.9 Å². The van der Waals surface area contributed by atoms with Crippen LogP contribution in [0.15, 0.2) is 48.7 Å². The maximum absolute atomic E-state index is 10.8. The van der Waals surface area contributed by atoms with Gasteiger partial charge < -0.3 is 9.64 Å². The molecule has 27 heavy (non-hydrogen) atoms. The molecule has 8 heteroatoms. The lowest BCUT2D eigenvalue weighted by Gasteiger charge is -2.28. The molecule has 4 aromatic rings. The fraction of sp³-hybridized carbons (Fsp3) is 0.211. The maximum Gasteiger partial charge on any atom is 0.269 e. The highest BCUT2D eigenvalue weighted by Crippen LogP contribution is 2.32. The molecular formula is C19H16N4O3S. The van der Waals surface area contributed by atoms with Crippen LogP contribution in [0.2, 0.25) is 0 Å². The summed E-state index contributed by atoms with van der Waals surface area (Å²) in [6, 6.07) is 13.0. The van der Waals surface area contributed by atoms with Gasteiger partial charge in [-0.2, -0.15) is 0 Å². The average Bonchev–Trinajstić information content (AvgIpc) is 3.26. The molecule has 0 saturated carbocycles. The summed E-state index contributed by atoms with van der Waals surface area (Å²) in [7, 11) is 0. The SMILES string of the molecule is O=[N+]([O-])c1ccc(-c2cn3c(n2)sc2cc(N4CCOCC4)ccc23)cc1. The van der Waals surface area contributed by atoms with Crippen molar-refractivity contribution in [2.24, 2.45) is 0 Å². The Hall–Kier alpha value is -2.97. The van der Waals surface area contributed by atoms with Gasteiger partial charge in [0.05, 0.1) is 34.0 Å². The first-order chi connectivity index (χ1) is 13.2. The van der Waals surface area contributed by atoms with E-state index in [-0.39, 0.29) is 5.69 Å². The highest BCUT2D eigenvalue weighted by Gasteiger charge is 2.15. The summed E-state index contributed by atoms with van der Waals surface area (Å²) in [6.45, 7) is 3.37. The molecular weight excluding hydrogens is 364 g/mol. The van der Waals surface area contributed by atoms with Gasteiger partial charge in [0, 0.05) is 42.7 Å². The van der Waals surface area contributed by atoms with Crippen molar-refractivity contribution in [1.29, 1.82) is 0 Å². The third-order valence-electron chi connectivity index (χ3n) is 4.83. The second kappa shape index (κ2) is 6.33. The highest BCUT2D eigenvalue weighted by molar-refractivity contribution is 7.23. The zero-order valence-electron chi connectivity index (χ0n) is 14.4. The van der Waals surface area contributed by atoms with Crippen LogP contribution in [0.3, 0.4) is 0 Å². The van der Waals surface area contributed by atoms with E-state index in [1.165, 1.54) is 22.5 Å². The molecule has 0 radical (unpaired) electrons. The predicted molar refractivity (Wildman–Crippen MR) is 106 cm³/mol. The third kappa shape index (κ3) is 2.83. The highest BCUT2D eigenvalue weighted by atomic mass is 32.1. The molecule has 2 aromatic carbocycles. The summed E-state index contributed by atoms with van der Waals surface area (Å²) < 4.78 is 8.70. The van der Waals surface area contributed by atoms with Gasteiger partial charge in [-0.05, 0) is 30.3 Å². The number of nitro groups is 1. The summed E-state index contributed by atoms with van der Waals surface area (Å²) >= 11 is 1.65. The van der Waals surface area contributed by atoms with Crippen LogP contribution in [0, 0.1) is 10.1 Å². The molecule has 0 N–H and O–H groups in total. The first-order valence-electron chi connectivity index (χ1n) is 8.68. The van der Waals surface area contributed by atoms with E-state index in [2.05, 4.69) is 27.5 Å². The third-order valence-corrected chi connectivity index (χ3v) is 5.85. The summed E-state index contributed by atoms with van der Waals surface area (Å²) in [6.07, 6.45) is 1.99. The topological polar surface area (TPSA) is 72.9 Å². The quantitative estimate of drug-likeness (QED) is 0.397. The molecule has 2 aromatic heterocycles. The number of hydrogen-bond acceptors (Lipinski definition) is 6. The first-order valence-corrected chi connectivity index (χ1v) is 9.50. The number of rotatable bonds is 3. The van der Waals surface area contributed by atoms with Crippen LogP contribution in [0.5, 0.6) is 0 Å². The van der Waals surface area contributed by atoms with Crippen molar-refractivity contribution < 1.29 is 9.66 Å². The van der Waals surface area contributed by atoms with E-state index in [0.29, 0.717) is 0 Å². The molecule has 0 atom stereocenters. The van der Waals surface area contributed by atoms with Gasteiger partial charge in [-0.3, -0.25) is 14.5 Å². The van der Waals surface area contributed by atoms with E-state index in [1.54, 1.807) is 23.5 Å². The van der Waals surface area contributed by atoms with Gasteiger partial charge in [0.25, 0.3) is 5.69 Å². The minimum atomic E-state index is -0.394. The number of nitrogens with zero attached hydrogens (tertiary/aromatic N) is 4. The van der Waals surface area contributed by atoms with Crippen LogP contribution in [-0.2, 0) is 4.74 Å². The lowest BCUT2D eigenvalue weighted by atomic mass is 10.1. The molecule has 7 nitrogen and oxygen atoms in total. The molecule has 0 spiro atoms. The molecule has 0 bridgehead atoms. The van der Waals surface area contributed by atoms with E-state index in [4.69, 9.17) is 9.72 Å². The van der Waals surface area contributed by atoms with Crippen LogP contribution >= 0.6 is 11.3 Å². The largest absolute Gasteiger partial charge is 0.378 e. The zero-order chi connectivity index (χ0) is 18.4. The summed E-state index contributed by atoms with van der Waals surface area (Å²) in [5.74, 6) is 0. The number of imidazole rings is 1. The number of morpholine rings is 1. The Bertz CT molecular complexity index is 1140. The smallest absolute Gasteiger partial charge is 0.269 e. The van der Waals surface area contributed by atoms with Gasteiger partial charge in [0.15, 0.2) is 4.96 Å². The van der Waals surface area contributed by atoms with Crippen molar-refractivity contribution in [3.63, 3.8) is 0 Å². The average molecular weight is 380 g/mol. The van der Waals surface area contributed by atoms with Gasteiger partial charge in [-0.25, -0.2) is 4.98 Å². The van der Waals surface area contributed by atoms with E-state index in [9.17, 15) is 10.1 Å². The maximum atomic E-state index is 10.8. The Labute approximate surface area is 158 Å². The van der Waals surface area contributed by atoms with Crippen molar-refractivity contribution in [3.05, 3.63) is 58.8 Å². The molecule has 0 amide bonds. The standard InChI is InChI=1S/C19H16N4O3S/c24-23(25)14-3-1-13(2-4-14)16-12-22-17-6-5-15(21-7-9-26-10-8-21)11-18(17)27-19(22)20-16/h1-6,11-12H,7-10H2. The normalized spacial score (nSPS) is 14.9. The van der Waals surface area contributed by atoms with Crippen molar-refractivity contribution in [3.8, 4) is 11.3 Å². The fourth-order valence-electron chi connectivity index (χ4n) is 3.40. The number of anilines is 1. The van der Waals surface area contributed by atoms with E-state index in [0.717, 1.165) is 48.0 Å². The molecule has 1 saturated heterocycles. The van der Waals surface area contributed by atoms with Crippen LogP contribution in [0.4, 0.5) is 11.4 Å². The summed E-state index contributed by atoms with van der Waals surface area (Å²) in [4.78, 5) is 18.4. The Morgan fingerprint density at radius 1 is 1.11 bits per heavy atom. The van der Waals surface area contributed by atoms with Gasteiger partial charge in [0.2, 0.25) is 0 Å². The number of ether oxygens (including phenoxy) is 1. The van der Waals surface area contributed by atoms with Gasteiger partial charge >= 0.3 is 0 Å². The second-order valence-electron chi connectivity index (χ2n) is 6.44. The number of nitro benzene ring substituents is 1. The molecule has 3 heterocycles. The predicted octanol–water partition coefficient (Wildman–Crippen LogP) is 3.96. The monoisotopic (exact) mass is 380 g/mol. The Morgan fingerprint density at radius 2 is 1.89 bits per heavy atom.